The highest BCUT2D eigenvalue weighted by Gasteiger charge is 2.13. The fourth-order valence-corrected chi connectivity index (χ4v) is 3.73. The number of aryl methyl sites for hydroxylation is 2. The van der Waals surface area contributed by atoms with Crippen LogP contribution in [0.3, 0.4) is 0 Å². The Bertz CT molecular complexity index is 1240. The molecule has 4 aromatic rings. The lowest BCUT2D eigenvalue weighted by molar-refractivity contribution is -0.116. The minimum absolute atomic E-state index is 0.160. The van der Waals surface area contributed by atoms with Crippen LogP contribution in [0, 0.1) is 12.7 Å². The van der Waals surface area contributed by atoms with Crippen LogP contribution in [0.4, 0.5) is 10.1 Å². The van der Waals surface area contributed by atoms with E-state index in [1.54, 1.807) is 13.0 Å². The van der Waals surface area contributed by atoms with Crippen LogP contribution in [0.15, 0.2) is 52.1 Å². The van der Waals surface area contributed by atoms with Crippen molar-refractivity contribution in [2.24, 2.45) is 0 Å². The molecule has 4 rings (SSSR count). The fraction of sp³-hybridized carbons (Fsp3) is 0.190. The molecule has 0 atom stereocenters. The van der Waals surface area contributed by atoms with Gasteiger partial charge in [-0.3, -0.25) is 9.89 Å². The average Bonchev–Trinajstić information content (AvgIpc) is 3.43. The highest BCUT2D eigenvalue weighted by Crippen LogP contribution is 2.26. The van der Waals surface area contributed by atoms with Crippen molar-refractivity contribution in [2.75, 3.05) is 5.32 Å². The predicted molar refractivity (Wildman–Crippen MR) is 119 cm³/mol. The van der Waals surface area contributed by atoms with Gasteiger partial charge in [0.25, 0.3) is 0 Å². The molecule has 8 nitrogen and oxygen atoms in total. The molecule has 1 amide bonds. The minimum atomic E-state index is -0.345. The zero-order valence-corrected chi connectivity index (χ0v) is 18.5. The molecule has 0 spiro atoms. The van der Waals surface area contributed by atoms with Crippen LogP contribution >= 0.6 is 23.4 Å². The topological polar surface area (TPSA) is 110 Å². The molecular weight excluding hydrogens is 455 g/mol. The molecule has 0 saturated heterocycles. The maximum absolute atomic E-state index is 13.2. The smallest absolute Gasteiger partial charge is 0.227 e. The van der Waals surface area contributed by atoms with Gasteiger partial charge in [-0.25, -0.2) is 9.37 Å². The summed E-state index contributed by atoms with van der Waals surface area (Å²) in [5.74, 6) is 1.25. The number of benzene rings is 2. The normalized spacial score (nSPS) is 11.0. The second kappa shape index (κ2) is 9.92. The number of aromatic nitrogens is 5. The number of halogens is 2. The SMILES string of the molecule is Cc1cc(F)ccc1NC(=O)CCc1nc(CSc2n[nH]c(-c3ccccc3Cl)n2)no1. The van der Waals surface area contributed by atoms with Crippen LogP contribution in [-0.2, 0) is 17.0 Å². The van der Waals surface area contributed by atoms with E-state index in [9.17, 15) is 9.18 Å². The lowest BCUT2D eigenvalue weighted by atomic mass is 10.2. The quantitative estimate of drug-likeness (QED) is 0.354. The van der Waals surface area contributed by atoms with Gasteiger partial charge in [-0.15, -0.1) is 5.10 Å². The Balaban J connectivity index is 1.27. The van der Waals surface area contributed by atoms with Crippen LogP contribution < -0.4 is 5.32 Å². The monoisotopic (exact) mass is 472 g/mol. The van der Waals surface area contributed by atoms with Crippen LogP contribution in [-0.4, -0.2) is 31.2 Å². The van der Waals surface area contributed by atoms with Crippen molar-refractivity contribution in [1.29, 1.82) is 0 Å². The molecule has 0 aliphatic carbocycles. The van der Waals surface area contributed by atoms with E-state index in [4.69, 9.17) is 16.1 Å². The number of nitrogens with zero attached hydrogens (tertiary/aromatic N) is 4. The van der Waals surface area contributed by atoms with Gasteiger partial charge in [0, 0.05) is 24.1 Å². The fourth-order valence-electron chi connectivity index (χ4n) is 2.86. The van der Waals surface area contributed by atoms with Crippen molar-refractivity contribution in [2.45, 2.75) is 30.7 Å². The maximum atomic E-state index is 13.2. The lowest BCUT2D eigenvalue weighted by Crippen LogP contribution is -2.13. The number of carbonyl (C=O) groups is 1. The van der Waals surface area contributed by atoms with Gasteiger partial charge in [0.2, 0.25) is 17.0 Å². The van der Waals surface area contributed by atoms with Crippen molar-refractivity contribution < 1.29 is 13.7 Å². The molecule has 2 aromatic carbocycles. The highest BCUT2D eigenvalue weighted by molar-refractivity contribution is 7.98. The van der Waals surface area contributed by atoms with Gasteiger partial charge in [-0.1, -0.05) is 40.7 Å². The summed E-state index contributed by atoms with van der Waals surface area (Å²) >= 11 is 7.53. The summed E-state index contributed by atoms with van der Waals surface area (Å²) in [4.78, 5) is 20.9. The second-order valence-corrected chi connectivity index (χ2v) is 8.20. The largest absolute Gasteiger partial charge is 0.339 e. The van der Waals surface area contributed by atoms with E-state index in [-0.39, 0.29) is 18.1 Å². The first kappa shape index (κ1) is 22.0. The number of aromatic amines is 1. The first-order chi connectivity index (χ1) is 15.5. The van der Waals surface area contributed by atoms with Crippen LogP contribution in [0.5, 0.6) is 0 Å². The Morgan fingerprint density at radius 1 is 1.25 bits per heavy atom. The Morgan fingerprint density at radius 3 is 2.91 bits per heavy atom. The molecule has 0 fully saturated rings. The summed E-state index contributed by atoms with van der Waals surface area (Å²) in [6, 6.07) is 11.6. The van der Waals surface area contributed by atoms with Gasteiger partial charge in [-0.05, 0) is 42.8 Å². The van der Waals surface area contributed by atoms with E-state index in [0.717, 1.165) is 5.56 Å². The first-order valence-electron chi connectivity index (χ1n) is 9.65. The van der Waals surface area contributed by atoms with Gasteiger partial charge < -0.3 is 9.84 Å². The number of nitrogens with one attached hydrogen (secondary N) is 2. The molecule has 11 heteroatoms. The number of H-pyrrole nitrogens is 1. The van der Waals surface area contributed by atoms with E-state index in [1.165, 1.54) is 30.0 Å². The van der Waals surface area contributed by atoms with Gasteiger partial charge in [0.1, 0.15) is 5.82 Å². The number of thioether (sulfide) groups is 1. The van der Waals surface area contributed by atoms with Crippen molar-refractivity contribution in [3.63, 3.8) is 0 Å². The molecule has 2 heterocycles. The molecule has 0 saturated carbocycles. The maximum Gasteiger partial charge on any atom is 0.227 e. The van der Waals surface area contributed by atoms with E-state index in [0.29, 0.717) is 51.1 Å². The van der Waals surface area contributed by atoms with Crippen molar-refractivity contribution >= 4 is 35.0 Å². The Hall–Kier alpha value is -3.24. The Morgan fingerprint density at radius 2 is 2.09 bits per heavy atom. The summed E-state index contributed by atoms with van der Waals surface area (Å²) in [7, 11) is 0. The van der Waals surface area contributed by atoms with Gasteiger partial charge in [0.15, 0.2) is 11.6 Å². The van der Waals surface area contributed by atoms with Crippen LogP contribution in [0.25, 0.3) is 11.4 Å². The number of carbonyl (C=O) groups excluding carboxylic acids is 1. The summed E-state index contributed by atoms with van der Waals surface area (Å²) in [5, 5.41) is 14.8. The molecule has 2 aromatic heterocycles. The number of rotatable bonds is 8. The molecular formula is C21H18ClFN6O2S. The summed E-state index contributed by atoms with van der Waals surface area (Å²) in [6.07, 6.45) is 0.453. The minimum Gasteiger partial charge on any atom is -0.339 e. The number of amides is 1. The third-order valence-corrected chi connectivity index (χ3v) is 5.64. The number of hydrogen-bond donors (Lipinski definition) is 2. The Kier molecular flexibility index (Phi) is 6.81. The standard InChI is InChI=1S/C21H18ClFN6O2S/c1-12-10-13(23)6-7-16(12)24-18(30)8-9-19-25-17(29-31-19)11-32-21-26-20(27-28-21)14-4-2-3-5-15(14)22/h2-7,10H,8-9,11H2,1H3,(H,24,30)(H,26,27,28). The van der Waals surface area contributed by atoms with E-state index in [2.05, 4.69) is 30.6 Å². The predicted octanol–water partition coefficient (Wildman–Crippen LogP) is 4.82. The number of hydrogen-bond acceptors (Lipinski definition) is 7. The van der Waals surface area contributed by atoms with Gasteiger partial charge in [-0.2, -0.15) is 4.98 Å². The molecule has 0 radical (unpaired) electrons. The molecule has 32 heavy (non-hydrogen) atoms. The third kappa shape index (κ3) is 5.51. The highest BCUT2D eigenvalue weighted by atomic mass is 35.5. The molecule has 2 N–H and O–H groups in total. The zero-order valence-electron chi connectivity index (χ0n) is 16.9. The van der Waals surface area contributed by atoms with E-state index in [1.807, 2.05) is 18.2 Å². The Labute approximate surface area is 192 Å². The van der Waals surface area contributed by atoms with Crippen LogP contribution in [0.2, 0.25) is 5.02 Å². The van der Waals surface area contributed by atoms with E-state index >= 15 is 0 Å². The summed E-state index contributed by atoms with van der Waals surface area (Å²) in [6.45, 7) is 1.73. The van der Waals surface area contributed by atoms with Crippen molar-refractivity contribution in [3.05, 3.63) is 70.6 Å². The lowest BCUT2D eigenvalue weighted by Gasteiger charge is -2.07. The second-order valence-electron chi connectivity index (χ2n) is 6.85. The summed E-state index contributed by atoms with van der Waals surface area (Å²) in [5.41, 5.74) is 1.99. The van der Waals surface area contributed by atoms with E-state index < -0.39 is 0 Å². The summed E-state index contributed by atoms with van der Waals surface area (Å²) < 4.78 is 18.4. The van der Waals surface area contributed by atoms with Crippen molar-refractivity contribution in [3.8, 4) is 11.4 Å². The third-order valence-electron chi connectivity index (χ3n) is 4.46. The molecule has 164 valence electrons. The molecule has 0 aliphatic rings. The van der Waals surface area contributed by atoms with Gasteiger partial charge >= 0.3 is 0 Å². The first-order valence-corrected chi connectivity index (χ1v) is 11.0. The van der Waals surface area contributed by atoms with Crippen molar-refractivity contribution in [1.82, 2.24) is 25.3 Å². The average molecular weight is 473 g/mol. The molecule has 0 unspecified atom stereocenters. The van der Waals surface area contributed by atoms with Crippen LogP contribution in [0.1, 0.15) is 23.7 Å². The zero-order chi connectivity index (χ0) is 22.5. The van der Waals surface area contributed by atoms with Gasteiger partial charge in [0.05, 0.1) is 10.8 Å². The molecule has 0 bridgehead atoms. The number of anilines is 1. The molecule has 0 aliphatic heterocycles.